The highest BCUT2D eigenvalue weighted by atomic mass is 32.1. The van der Waals surface area contributed by atoms with E-state index in [1.54, 1.807) is 11.3 Å². The summed E-state index contributed by atoms with van der Waals surface area (Å²) in [7, 11) is 2.11. The van der Waals surface area contributed by atoms with Crippen LogP contribution >= 0.6 is 11.3 Å². The van der Waals surface area contributed by atoms with Gasteiger partial charge >= 0.3 is 0 Å². The number of hydrogen-bond donors (Lipinski definition) is 1. The Morgan fingerprint density at radius 1 is 1.19 bits per heavy atom. The van der Waals surface area contributed by atoms with Gasteiger partial charge in [0.2, 0.25) is 5.95 Å². The van der Waals surface area contributed by atoms with Crippen molar-refractivity contribution in [3.8, 4) is 10.6 Å². The number of anilines is 2. The molecular weight excluding hydrogens is 351 g/mol. The summed E-state index contributed by atoms with van der Waals surface area (Å²) >= 11 is 1.75. The fraction of sp³-hybridized carbons (Fsp3) is 0.333. The van der Waals surface area contributed by atoms with Crippen LogP contribution in [0.2, 0.25) is 0 Å². The molecule has 0 bridgehead atoms. The molecule has 0 radical (unpaired) electrons. The van der Waals surface area contributed by atoms with Gasteiger partial charge in [-0.15, -0.1) is 11.3 Å². The minimum absolute atomic E-state index is 0.641. The summed E-state index contributed by atoms with van der Waals surface area (Å²) in [5.74, 6) is 1.51. The number of hydrogen-bond acceptors (Lipinski definition) is 5. The van der Waals surface area contributed by atoms with Crippen LogP contribution < -0.4 is 10.1 Å². The Labute approximate surface area is 166 Å². The number of benzene rings is 1. The summed E-state index contributed by atoms with van der Waals surface area (Å²) in [4.78, 5) is 12.8. The third-order valence-electron chi connectivity index (χ3n) is 5.11. The van der Waals surface area contributed by atoms with E-state index in [-0.39, 0.29) is 0 Å². The smallest absolute Gasteiger partial charge is 0.227 e. The van der Waals surface area contributed by atoms with Gasteiger partial charge in [0.15, 0.2) is 7.85 Å². The highest BCUT2D eigenvalue weighted by molar-refractivity contribution is 7.23. The van der Waals surface area contributed by atoms with Gasteiger partial charge < -0.3 is 5.32 Å². The molecule has 27 heavy (non-hydrogen) atoms. The Balaban J connectivity index is 1.45. The summed E-state index contributed by atoms with van der Waals surface area (Å²) in [6.07, 6.45) is 4.43. The van der Waals surface area contributed by atoms with Crippen LogP contribution in [0.25, 0.3) is 10.6 Å². The maximum atomic E-state index is 4.68. The van der Waals surface area contributed by atoms with Crippen molar-refractivity contribution in [3.05, 3.63) is 54.2 Å². The van der Waals surface area contributed by atoms with E-state index in [4.69, 9.17) is 0 Å². The topological polar surface area (TPSA) is 41.1 Å². The lowest BCUT2D eigenvalue weighted by Crippen LogP contribution is -2.32. The number of thiophene rings is 1. The van der Waals surface area contributed by atoms with E-state index in [9.17, 15) is 0 Å². The minimum Gasteiger partial charge on any atom is -0.324 e. The normalized spacial score (nSPS) is 15.7. The minimum atomic E-state index is 0.641. The Morgan fingerprint density at radius 3 is 2.81 bits per heavy atom. The zero-order chi connectivity index (χ0) is 18.6. The average molecular weight is 376 g/mol. The van der Waals surface area contributed by atoms with Crippen molar-refractivity contribution in [3.63, 3.8) is 0 Å². The van der Waals surface area contributed by atoms with Gasteiger partial charge in [0, 0.05) is 18.4 Å². The molecule has 3 aromatic rings. The zero-order valence-electron chi connectivity index (χ0n) is 16.0. The molecule has 1 saturated heterocycles. The van der Waals surface area contributed by atoms with E-state index in [0.29, 0.717) is 5.95 Å². The monoisotopic (exact) mass is 376 g/mol. The van der Waals surface area contributed by atoms with Crippen LogP contribution in [0.4, 0.5) is 11.6 Å². The van der Waals surface area contributed by atoms with Crippen LogP contribution in [0.5, 0.6) is 0 Å². The number of nitrogens with zero attached hydrogens (tertiary/aromatic N) is 3. The van der Waals surface area contributed by atoms with Gasteiger partial charge in [0.05, 0.1) is 10.6 Å². The highest BCUT2D eigenvalue weighted by Crippen LogP contribution is 2.23. The average Bonchev–Trinajstić information content (AvgIpc) is 3.11. The summed E-state index contributed by atoms with van der Waals surface area (Å²) in [5.41, 5.74) is 3.33. The first-order valence-electron chi connectivity index (χ1n) is 9.64. The Kier molecular flexibility index (Phi) is 5.55. The van der Waals surface area contributed by atoms with Gasteiger partial charge in [-0.3, -0.25) is 4.90 Å². The second-order valence-corrected chi connectivity index (χ2v) is 8.75. The molecular formula is C21H25BN4S. The largest absolute Gasteiger partial charge is 0.324 e. The molecule has 1 aromatic carbocycles. The number of aromatic nitrogens is 2. The molecule has 3 heterocycles. The molecule has 2 aromatic heterocycles. The van der Waals surface area contributed by atoms with E-state index in [1.165, 1.54) is 41.1 Å². The molecule has 0 atom stereocenters. The molecule has 1 aliphatic rings. The van der Waals surface area contributed by atoms with E-state index in [0.717, 1.165) is 23.8 Å². The van der Waals surface area contributed by atoms with Gasteiger partial charge in [0.25, 0.3) is 0 Å². The SMILES string of the molecule is Bc1ccc(-c2ccnc(Nc3cccc(CN4CCC(C)CC4)c3)n2)s1. The lowest BCUT2D eigenvalue weighted by Gasteiger charge is -2.30. The van der Waals surface area contributed by atoms with Gasteiger partial charge in [0.1, 0.15) is 0 Å². The van der Waals surface area contributed by atoms with E-state index < -0.39 is 0 Å². The van der Waals surface area contributed by atoms with Crippen LogP contribution in [0.3, 0.4) is 0 Å². The summed E-state index contributed by atoms with van der Waals surface area (Å²) in [6, 6.07) is 14.8. The highest BCUT2D eigenvalue weighted by Gasteiger charge is 2.15. The van der Waals surface area contributed by atoms with Gasteiger partial charge in [-0.1, -0.05) is 25.1 Å². The van der Waals surface area contributed by atoms with Gasteiger partial charge in [-0.05, 0) is 66.5 Å². The second-order valence-electron chi connectivity index (χ2n) is 7.46. The summed E-state index contributed by atoms with van der Waals surface area (Å²) in [6.45, 7) is 5.76. The molecule has 4 rings (SSSR count). The molecule has 0 unspecified atom stereocenters. The van der Waals surface area contributed by atoms with E-state index >= 15 is 0 Å². The molecule has 0 spiro atoms. The summed E-state index contributed by atoms with van der Waals surface area (Å²) < 4.78 is 1.29. The number of nitrogens with one attached hydrogen (secondary N) is 1. The quantitative estimate of drug-likeness (QED) is 0.693. The third kappa shape index (κ3) is 4.76. The van der Waals surface area contributed by atoms with E-state index in [1.807, 2.05) is 12.3 Å². The molecule has 4 nitrogen and oxygen atoms in total. The molecule has 1 fully saturated rings. The molecule has 0 aliphatic carbocycles. The lowest BCUT2D eigenvalue weighted by molar-refractivity contribution is 0.185. The molecule has 6 heteroatoms. The van der Waals surface area contributed by atoms with Crippen molar-refractivity contribution < 1.29 is 0 Å². The lowest BCUT2D eigenvalue weighted by atomic mass is 9.99. The molecule has 0 saturated carbocycles. The van der Waals surface area contributed by atoms with Crippen molar-refractivity contribution in [2.45, 2.75) is 26.3 Å². The molecule has 1 N–H and O–H groups in total. The number of rotatable bonds is 5. The van der Waals surface area contributed by atoms with Crippen molar-refractivity contribution in [1.29, 1.82) is 0 Å². The number of piperidine rings is 1. The first-order chi connectivity index (χ1) is 13.2. The predicted octanol–water partition coefficient (Wildman–Crippen LogP) is 3.44. The van der Waals surface area contributed by atoms with Gasteiger partial charge in [-0.25, -0.2) is 9.97 Å². The van der Waals surface area contributed by atoms with Crippen LogP contribution in [0, 0.1) is 5.92 Å². The zero-order valence-corrected chi connectivity index (χ0v) is 16.8. The van der Waals surface area contributed by atoms with Crippen molar-refractivity contribution in [2.24, 2.45) is 5.92 Å². The van der Waals surface area contributed by atoms with Crippen molar-refractivity contribution in [2.75, 3.05) is 18.4 Å². The van der Waals surface area contributed by atoms with Crippen LogP contribution in [0.1, 0.15) is 25.3 Å². The Hall–Kier alpha value is -2.18. The van der Waals surface area contributed by atoms with Gasteiger partial charge in [-0.2, -0.15) is 0 Å². The van der Waals surface area contributed by atoms with E-state index in [2.05, 4.69) is 71.4 Å². The van der Waals surface area contributed by atoms with Crippen LogP contribution in [-0.4, -0.2) is 35.8 Å². The third-order valence-corrected chi connectivity index (χ3v) is 6.14. The van der Waals surface area contributed by atoms with Crippen LogP contribution in [-0.2, 0) is 6.54 Å². The first-order valence-corrected chi connectivity index (χ1v) is 10.5. The maximum absolute atomic E-state index is 4.68. The second kappa shape index (κ2) is 8.23. The Morgan fingerprint density at radius 2 is 2.04 bits per heavy atom. The van der Waals surface area contributed by atoms with Crippen molar-refractivity contribution >= 4 is 35.6 Å². The summed E-state index contributed by atoms with van der Waals surface area (Å²) in [5, 5.41) is 3.37. The molecule has 0 amide bonds. The standard InChI is InChI=1S/C21H25BN4S/c1-15-8-11-26(12-9-15)14-16-3-2-4-17(13-16)24-21-23-10-7-18(25-21)19-5-6-20(22)27-19/h2-7,10,13,15H,8-9,11-12,14,22H2,1H3,(H,23,24,25). The fourth-order valence-electron chi connectivity index (χ4n) is 3.48. The fourth-order valence-corrected chi connectivity index (χ4v) is 4.32. The molecule has 138 valence electrons. The molecule has 1 aliphatic heterocycles. The van der Waals surface area contributed by atoms with Crippen molar-refractivity contribution in [1.82, 2.24) is 14.9 Å². The van der Waals surface area contributed by atoms with Crippen LogP contribution in [0.15, 0.2) is 48.7 Å². The number of likely N-dealkylation sites (tertiary alicyclic amines) is 1. The first kappa shape index (κ1) is 18.2. The maximum Gasteiger partial charge on any atom is 0.227 e. The predicted molar refractivity (Wildman–Crippen MR) is 117 cm³/mol. The Bertz CT molecular complexity index is 902.